The minimum atomic E-state index is -0.484. The van der Waals surface area contributed by atoms with Gasteiger partial charge in [-0.05, 0) is 97.3 Å². The normalized spacial score (nSPS) is 15.4. The molecule has 84 heavy (non-hydrogen) atoms. The number of para-hydroxylation sites is 2. The molecule has 460 valence electrons. The van der Waals surface area contributed by atoms with Crippen molar-refractivity contribution >= 4 is 46.7 Å². The molecular formula is C72H104N4O8. The molecule has 0 fully saturated rings. The molecule has 0 radical (unpaired) electrons. The van der Waals surface area contributed by atoms with E-state index in [-0.39, 0.29) is 33.8 Å². The van der Waals surface area contributed by atoms with Crippen LogP contribution in [0.1, 0.15) is 207 Å². The molecule has 0 aromatic heterocycles. The van der Waals surface area contributed by atoms with Crippen molar-refractivity contribution in [2.24, 2.45) is 57.3 Å². The molecule has 4 aromatic rings. The summed E-state index contributed by atoms with van der Waals surface area (Å²) in [5.41, 5.74) is 2.07. The van der Waals surface area contributed by atoms with Crippen LogP contribution in [-0.4, -0.2) is 60.6 Å². The molecule has 0 saturated heterocycles. The number of carbonyl (C=O) groups is 2. The lowest BCUT2D eigenvalue weighted by Gasteiger charge is -2.19. The Morgan fingerprint density at radius 1 is 0.405 bits per heavy atom. The van der Waals surface area contributed by atoms with Gasteiger partial charge in [-0.2, -0.15) is 0 Å². The van der Waals surface area contributed by atoms with Crippen LogP contribution in [0, 0.1) is 47.3 Å². The predicted octanol–water partition coefficient (Wildman–Crippen LogP) is 19.5. The lowest BCUT2D eigenvalue weighted by atomic mass is 9.97. The van der Waals surface area contributed by atoms with E-state index in [4.69, 9.17) is 28.9 Å². The number of Topliss-reactive ketones (excluding diaryl/α,β-unsaturated/α-hetero) is 2. The number of aliphatic imine (C=N–C) groups is 2. The molecule has 1 aliphatic rings. The minimum absolute atomic E-state index is 0.0902. The average molecular weight is 1150 g/mol. The van der Waals surface area contributed by atoms with E-state index >= 15 is 0 Å². The van der Waals surface area contributed by atoms with E-state index in [1.165, 1.54) is 50.2 Å². The van der Waals surface area contributed by atoms with Crippen LogP contribution < -0.4 is 29.6 Å². The topological polar surface area (TPSA) is 160 Å². The predicted molar refractivity (Wildman–Crippen MR) is 349 cm³/mol. The van der Waals surface area contributed by atoms with Gasteiger partial charge in [-0.1, -0.05) is 184 Å². The van der Waals surface area contributed by atoms with Crippen molar-refractivity contribution in [3.8, 4) is 34.5 Å². The summed E-state index contributed by atoms with van der Waals surface area (Å²) in [7, 11) is 0. The van der Waals surface area contributed by atoms with Crippen molar-refractivity contribution in [3.05, 3.63) is 107 Å². The van der Waals surface area contributed by atoms with E-state index in [2.05, 4.69) is 93.7 Å². The van der Waals surface area contributed by atoms with Crippen molar-refractivity contribution in [2.45, 2.75) is 186 Å². The second-order valence-corrected chi connectivity index (χ2v) is 25.6. The van der Waals surface area contributed by atoms with Crippen LogP contribution in [0.2, 0.25) is 0 Å². The van der Waals surface area contributed by atoms with Crippen molar-refractivity contribution in [3.63, 3.8) is 0 Å². The van der Waals surface area contributed by atoms with Gasteiger partial charge in [0.05, 0.1) is 71.5 Å². The van der Waals surface area contributed by atoms with E-state index in [0.29, 0.717) is 120 Å². The Hall–Kier alpha value is -6.56. The number of aromatic hydroxyl groups is 2. The highest BCUT2D eigenvalue weighted by atomic mass is 16.5. The monoisotopic (exact) mass is 1150 g/mol. The van der Waals surface area contributed by atoms with Gasteiger partial charge in [0, 0.05) is 49.1 Å². The lowest BCUT2D eigenvalue weighted by molar-refractivity contribution is 0.103. The van der Waals surface area contributed by atoms with Gasteiger partial charge in [0.2, 0.25) is 0 Å². The standard InChI is InChI=1S/C72H104N4O8/c1-49(2)21-17-25-53(9)33-37-81-67-41-61-62(42-68(67)82-38-34-54(10)26-18-22-50(3)4)74-46-58(72(80)60-30-14-16-32-66(60)78)48-76-64-44-70(84-40-36-56(12)28-20-24-52(7)8)69(83-39-35-55(11)27-19-23-51(5)6)43-63(64)75-47-57(45-73-61)71(79)59-29-13-15-31-65(59)77/h13-16,29-32,41-56,73,76-78H,17-28,33-40H2,1-12H3/b57-45+,58-48+,74-46?,75-47?/t53-,54-,55-,56-/m1/s1. The van der Waals surface area contributed by atoms with Crippen LogP contribution in [0.4, 0.5) is 22.7 Å². The molecule has 0 aliphatic carbocycles. The summed E-state index contributed by atoms with van der Waals surface area (Å²) in [4.78, 5) is 39.5. The third kappa shape index (κ3) is 24.2. The average Bonchev–Trinajstić information content (AvgIpc) is 3.07. The number of carbonyl (C=O) groups excluding carboxylic acids is 2. The van der Waals surface area contributed by atoms with E-state index in [9.17, 15) is 19.8 Å². The molecule has 1 aliphatic heterocycles. The van der Waals surface area contributed by atoms with Crippen LogP contribution in [0.15, 0.2) is 106 Å². The molecule has 4 aromatic carbocycles. The third-order valence-corrected chi connectivity index (χ3v) is 15.8. The maximum Gasteiger partial charge on any atom is 0.199 e. The van der Waals surface area contributed by atoms with Crippen LogP contribution >= 0.6 is 0 Å². The second-order valence-electron chi connectivity index (χ2n) is 25.6. The molecule has 0 bridgehead atoms. The van der Waals surface area contributed by atoms with E-state index in [1.54, 1.807) is 60.9 Å². The number of hydrogen-bond acceptors (Lipinski definition) is 12. The first-order chi connectivity index (χ1) is 40.3. The molecule has 0 unspecified atom stereocenters. The van der Waals surface area contributed by atoms with Crippen LogP contribution in [-0.2, 0) is 0 Å². The van der Waals surface area contributed by atoms with Crippen LogP contribution in [0.5, 0.6) is 34.5 Å². The van der Waals surface area contributed by atoms with Crippen molar-refractivity contribution in [1.82, 2.24) is 0 Å². The van der Waals surface area contributed by atoms with Crippen LogP contribution in [0.25, 0.3) is 0 Å². The first-order valence-corrected chi connectivity index (χ1v) is 31.8. The van der Waals surface area contributed by atoms with Crippen molar-refractivity contribution in [1.29, 1.82) is 0 Å². The molecule has 12 heteroatoms. The fraction of sp³-hybridized carbons (Fsp3) is 0.556. The van der Waals surface area contributed by atoms with Gasteiger partial charge in [-0.3, -0.25) is 19.6 Å². The molecule has 0 spiro atoms. The number of allylic oxidation sites excluding steroid dienone is 2. The fourth-order valence-corrected chi connectivity index (χ4v) is 10.1. The molecule has 1 heterocycles. The number of ether oxygens (including phenoxy) is 4. The Morgan fingerprint density at radius 2 is 0.690 bits per heavy atom. The summed E-state index contributed by atoms with van der Waals surface area (Å²) in [5, 5.41) is 28.9. The Labute approximate surface area is 505 Å². The first kappa shape index (κ1) is 68.2. The number of rotatable bonds is 36. The van der Waals surface area contributed by atoms with Gasteiger partial charge in [0.25, 0.3) is 0 Å². The Balaban J connectivity index is 1.67. The largest absolute Gasteiger partial charge is 0.507 e. The van der Waals surface area contributed by atoms with Crippen LogP contribution in [0.3, 0.4) is 0 Å². The zero-order chi connectivity index (χ0) is 61.0. The van der Waals surface area contributed by atoms with Gasteiger partial charge in [-0.15, -0.1) is 0 Å². The quantitative estimate of drug-likeness (QED) is 0.0323. The van der Waals surface area contributed by atoms with Crippen molar-refractivity contribution in [2.75, 3.05) is 37.1 Å². The third-order valence-electron chi connectivity index (χ3n) is 15.8. The Morgan fingerprint density at radius 3 is 0.976 bits per heavy atom. The maximum absolute atomic E-state index is 14.7. The summed E-state index contributed by atoms with van der Waals surface area (Å²) in [6, 6.07) is 20.1. The molecule has 12 nitrogen and oxygen atoms in total. The fourth-order valence-electron chi connectivity index (χ4n) is 10.1. The number of benzene rings is 4. The molecule has 4 atom stereocenters. The van der Waals surface area contributed by atoms with Gasteiger partial charge >= 0.3 is 0 Å². The van der Waals surface area contributed by atoms with E-state index in [0.717, 1.165) is 77.0 Å². The summed E-state index contributed by atoms with van der Waals surface area (Å²) in [5.74, 6) is 5.07. The highest BCUT2D eigenvalue weighted by Crippen LogP contribution is 2.42. The molecule has 5 rings (SSSR count). The van der Waals surface area contributed by atoms with Gasteiger partial charge in [0.15, 0.2) is 34.6 Å². The summed E-state index contributed by atoms with van der Waals surface area (Å²) >= 11 is 0. The first-order valence-electron chi connectivity index (χ1n) is 31.8. The van der Waals surface area contributed by atoms with Gasteiger partial charge in [-0.25, -0.2) is 0 Å². The summed E-state index contributed by atoms with van der Waals surface area (Å²) in [6.07, 6.45) is 23.2. The number of nitrogens with zero attached hydrogens (tertiary/aromatic N) is 2. The number of phenolic OH excluding ortho intramolecular Hbond substituents is 2. The maximum atomic E-state index is 14.7. The van der Waals surface area contributed by atoms with E-state index in [1.807, 2.05) is 12.1 Å². The SMILES string of the molecule is CC(C)CCC[C@@H](C)CCOc1cc2c(cc1OCC[C@H](C)CCCC(C)C)N/C=C(/C(=O)c1ccccc1O)C=Nc1cc(OCC[C@H](C)CCCC(C)C)c(OCC[C@H](C)CCCC(C)C)cc1N/C=C(/C(=O)c1ccccc1O)C=N2. The minimum Gasteiger partial charge on any atom is -0.507 e. The second kappa shape index (κ2) is 36.3. The summed E-state index contributed by atoms with van der Waals surface area (Å²) in [6.45, 7) is 28.9. The Kier molecular flexibility index (Phi) is 29.5. The number of nitrogens with one attached hydrogen (secondary N) is 2. The zero-order valence-electron chi connectivity index (χ0n) is 53.2. The molecule has 0 amide bonds. The highest BCUT2D eigenvalue weighted by Gasteiger charge is 2.22. The number of ketones is 2. The van der Waals surface area contributed by atoms with Crippen molar-refractivity contribution < 1.29 is 38.7 Å². The number of phenols is 2. The number of anilines is 2. The highest BCUT2D eigenvalue weighted by molar-refractivity contribution is 6.23. The number of hydrogen-bond donors (Lipinski definition) is 4. The molecular weight excluding hydrogens is 1050 g/mol. The molecule has 0 saturated carbocycles. The van der Waals surface area contributed by atoms with Gasteiger partial charge in [0.1, 0.15) is 11.5 Å². The molecule has 4 N–H and O–H groups in total. The van der Waals surface area contributed by atoms with Gasteiger partial charge < -0.3 is 39.8 Å². The number of fused-ring (bicyclic) bond motifs is 2. The summed E-state index contributed by atoms with van der Waals surface area (Å²) < 4.78 is 26.6. The van der Waals surface area contributed by atoms with E-state index < -0.39 is 11.6 Å². The smallest absolute Gasteiger partial charge is 0.199 e. The lowest BCUT2D eigenvalue weighted by Crippen LogP contribution is -2.10. The Bertz CT molecular complexity index is 2590. The zero-order valence-corrected chi connectivity index (χ0v) is 53.2.